The minimum atomic E-state index is -0.555. The Balaban J connectivity index is 1.24. The van der Waals surface area contributed by atoms with Crippen LogP contribution in [-0.2, 0) is 22.6 Å². The first-order valence-corrected chi connectivity index (χ1v) is 14.1. The minimum Gasteiger partial charge on any atom is -0.493 e. The highest BCUT2D eigenvalue weighted by Crippen LogP contribution is 2.30. The summed E-state index contributed by atoms with van der Waals surface area (Å²) in [5.41, 5.74) is 3.37. The number of rotatable bonds is 14. The van der Waals surface area contributed by atoms with Crippen molar-refractivity contribution in [2.45, 2.75) is 19.2 Å². The first-order valence-electron chi connectivity index (χ1n) is 14.1. The van der Waals surface area contributed by atoms with E-state index in [0.717, 1.165) is 60.9 Å². The molecule has 0 bridgehead atoms. The van der Waals surface area contributed by atoms with Gasteiger partial charge < -0.3 is 28.6 Å². The second kappa shape index (κ2) is 14.0. The predicted molar refractivity (Wildman–Crippen MR) is 158 cm³/mol. The van der Waals surface area contributed by atoms with Gasteiger partial charge in [0, 0.05) is 68.2 Å². The van der Waals surface area contributed by atoms with Crippen LogP contribution in [0.15, 0.2) is 66.7 Å². The molecule has 1 N–H and O–H groups in total. The lowest BCUT2D eigenvalue weighted by Gasteiger charge is -2.27. The molecule has 1 fully saturated rings. The fraction of sp³-hybridized carbons (Fsp3) is 0.438. The second-order valence-corrected chi connectivity index (χ2v) is 10.3. The summed E-state index contributed by atoms with van der Waals surface area (Å²) in [6, 6.07) is 22.9. The van der Waals surface area contributed by atoms with Crippen LogP contribution in [0.3, 0.4) is 0 Å². The average molecular weight is 548 g/mol. The fourth-order valence-electron chi connectivity index (χ4n) is 5.52. The summed E-state index contributed by atoms with van der Waals surface area (Å²) in [6.45, 7) is 7.91. The summed E-state index contributed by atoms with van der Waals surface area (Å²) in [4.78, 5) is 4.58. The monoisotopic (exact) mass is 547 g/mol. The van der Waals surface area contributed by atoms with Gasteiger partial charge in [0.2, 0.25) is 0 Å². The molecule has 1 aliphatic heterocycles. The Morgan fingerprint density at radius 2 is 1.60 bits per heavy atom. The molecule has 5 rings (SSSR count). The lowest BCUT2D eigenvalue weighted by molar-refractivity contribution is 0.0321. The number of morpholine rings is 1. The molecule has 0 amide bonds. The summed E-state index contributed by atoms with van der Waals surface area (Å²) in [6.07, 6.45) is -0.555. The number of nitrogens with zero attached hydrogens (tertiary/aromatic N) is 3. The van der Waals surface area contributed by atoms with E-state index in [2.05, 4.69) is 69.0 Å². The highest BCUT2D eigenvalue weighted by atomic mass is 16.5. The second-order valence-electron chi connectivity index (χ2n) is 10.3. The van der Waals surface area contributed by atoms with E-state index in [1.165, 1.54) is 10.8 Å². The summed E-state index contributed by atoms with van der Waals surface area (Å²) in [5.74, 6) is 1.46. The fourth-order valence-corrected chi connectivity index (χ4v) is 5.52. The number of fused-ring (bicyclic) bond motifs is 3. The van der Waals surface area contributed by atoms with Crippen molar-refractivity contribution in [2.75, 3.05) is 73.4 Å². The molecule has 8 nitrogen and oxygen atoms in total. The van der Waals surface area contributed by atoms with Crippen molar-refractivity contribution in [3.8, 4) is 11.5 Å². The highest BCUT2D eigenvalue weighted by molar-refractivity contribution is 6.07. The van der Waals surface area contributed by atoms with Crippen molar-refractivity contribution >= 4 is 21.8 Å². The number of hydrogen-bond acceptors (Lipinski definition) is 7. The summed E-state index contributed by atoms with van der Waals surface area (Å²) in [5, 5.41) is 13.7. The van der Waals surface area contributed by atoms with Crippen molar-refractivity contribution in [1.82, 2.24) is 14.4 Å². The zero-order chi connectivity index (χ0) is 27.7. The molecule has 0 spiro atoms. The third kappa shape index (κ3) is 6.95. The van der Waals surface area contributed by atoms with Gasteiger partial charge in [-0.1, -0.05) is 42.5 Å². The van der Waals surface area contributed by atoms with Gasteiger partial charge in [0.25, 0.3) is 0 Å². The van der Waals surface area contributed by atoms with Crippen LogP contribution in [-0.4, -0.2) is 98.9 Å². The molecule has 1 aliphatic rings. The lowest BCUT2D eigenvalue weighted by atomic mass is 10.1. The van der Waals surface area contributed by atoms with Gasteiger partial charge in [-0.15, -0.1) is 0 Å². The van der Waals surface area contributed by atoms with Gasteiger partial charge in [0.1, 0.15) is 6.61 Å². The Morgan fingerprint density at radius 3 is 2.27 bits per heavy atom. The number of hydrogen-bond donors (Lipinski definition) is 1. The number of aromatic nitrogens is 1. The van der Waals surface area contributed by atoms with Gasteiger partial charge in [-0.25, -0.2) is 0 Å². The first-order chi connectivity index (χ1) is 19.7. The molecule has 214 valence electrons. The largest absolute Gasteiger partial charge is 0.493 e. The number of para-hydroxylation sites is 2. The molecule has 3 aromatic carbocycles. The van der Waals surface area contributed by atoms with E-state index < -0.39 is 6.10 Å². The number of methoxy groups -OCH3 is 2. The van der Waals surface area contributed by atoms with E-state index in [1.807, 2.05) is 12.1 Å². The SMILES string of the molecule is COCCN(Cc1ccc(OCCN2CCOCC2)c(OC)c1)C[C@H](O)Cn1c2ccccc2c2ccccc21. The van der Waals surface area contributed by atoms with Crippen molar-refractivity contribution in [2.24, 2.45) is 0 Å². The van der Waals surface area contributed by atoms with Crippen LogP contribution in [0, 0.1) is 0 Å². The van der Waals surface area contributed by atoms with Gasteiger partial charge in [-0.05, 0) is 29.8 Å². The molecule has 1 aromatic heterocycles. The smallest absolute Gasteiger partial charge is 0.161 e. The van der Waals surface area contributed by atoms with Crippen molar-refractivity contribution in [3.05, 3.63) is 72.3 Å². The van der Waals surface area contributed by atoms with E-state index in [-0.39, 0.29) is 0 Å². The van der Waals surface area contributed by atoms with Crippen LogP contribution in [0.2, 0.25) is 0 Å². The highest BCUT2D eigenvalue weighted by Gasteiger charge is 2.18. The van der Waals surface area contributed by atoms with E-state index >= 15 is 0 Å². The van der Waals surface area contributed by atoms with Crippen molar-refractivity contribution in [3.63, 3.8) is 0 Å². The summed E-state index contributed by atoms with van der Waals surface area (Å²) >= 11 is 0. The zero-order valence-corrected chi connectivity index (χ0v) is 23.6. The van der Waals surface area contributed by atoms with Crippen LogP contribution < -0.4 is 9.47 Å². The van der Waals surface area contributed by atoms with Crippen LogP contribution in [0.1, 0.15) is 5.56 Å². The molecule has 0 unspecified atom stereocenters. The Hall–Kier alpha value is -3.14. The maximum absolute atomic E-state index is 11.3. The molecule has 0 aliphatic carbocycles. The Kier molecular flexibility index (Phi) is 9.91. The Labute approximate surface area is 236 Å². The Bertz CT molecular complexity index is 1310. The third-order valence-electron chi connectivity index (χ3n) is 7.56. The first kappa shape index (κ1) is 28.4. The van der Waals surface area contributed by atoms with E-state index in [9.17, 15) is 5.11 Å². The summed E-state index contributed by atoms with van der Waals surface area (Å²) < 4.78 is 24.8. The van der Waals surface area contributed by atoms with Gasteiger partial charge in [-0.2, -0.15) is 0 Å². The Morgan fingerprint density at radius 1 is 0.900 bits per heavy atom. The topological polar surface area (TPSA) is 68.6 Å². The van der Waals surface area contributed by atoms with E-state index in [0.29, 0.717) is 39.4 Å². The van der Waals surface area contributed by atoms with Crippen LogP contribution >= 0.6 is 0 Å². The molecule has 2 heterocycles. The van der Waals surface area contributed by atoms with Crippen LogP contribution in [0.25, 0.3) is 21.8 Å². The quantitative estimate of drug-likeness (QED) is 0.256. The minimum absolute atomic E-state index is 0.511. The van der Waals surface area contributed by atoms with E-state index in [4.69, 9.17) is 18.9 Å². The van der Waals surface area contributed by atoms with Crippen molar-refractivity contribution < 1.29 is 24.1 Å². The predicted octanol–water partition coefficient (Wildman–Crippen LogP) is 4.02. The van der Waals surface area contributed by atoms with Crippen molar-refractivity contribution in [1.29, 1.82) is 0 Å². The van der Waals surface area contributed by atoms with Gasteiger partial charge >= 0.3 is 0 Å². The van der Waals surface area contributed by atoms with Crippen LogP contribution in [0.5, 0.6) is 11.5 Å². The molecule has 0 saturated carbocycles. The molecule has 1 atom stereocenters. The lowest BCUT2D eigenvalue weighted by Crippen LogP contribution is -2.38. The van der Waals surface area contributed by atoms with Gasteiger partial charge in [-0.3, -0.25) is 9.80 Å². The molecule has 8 heteroatoms. The summed E-state index contributed by atoms with van der Waals surface area (Å²) in [7, 11) is 3.38. The number of ether oxygens (including phenoxy) is 4. The van der Waals surface area contributed by atoms with E-state index in [1.54, 1.807) is 14.2 Å². The molecule has 0 radical (unpaired) electrons. The molecular formula is C32H41N3O5. The standard InChI is InChI=1S/C32H41N3O5/c1-37-17-13-34(22-25-11-12-31(32(21-25)38-2)40-20-16-33-14-18-39-19-15-33)23-26(36)24-35-29-9-5-3-7-27(29)28-8-4-6-10-30(28)35/h3-12,21,26,36H,13-20,22-24H2,1-2H3/t26-/m0/s1. The molecule has 1 saturated heterocycles. The average Bonchev–Trinajstić information content (AvgIpc) is 3.30. The number of benzene rings is 3. The molecule has 4 aromatic rings. The van der Waals surface area contributed by atoms with Gasteiger partial charge in [0.15, 0.2) is 11.5 Å². The molecule has 40 heavy (non-hydrogen) atoms. The number of aliphatic hydroxyl groups excluding tert-OH is 1. The normalized spacial score (nSPS) is 15.2. The third-order valence-corrected chi connectivity index (χ3v) is 7.56. The molecular weight excluding hydrogens is 506 g/mol. The maximum atomic E-state index is 11.3. The zero-order valence-electron chi connectivity index (χ0n) is 23.6. The van der Waals surface area contributed by atoms with Gasteiger partial charge in [0.05, 0.1) is 39.6 Å². The maximum Gasteiger partial charge on any atom is 0.161 e. The number of aliphatic hydroxyl groups is 1. The van der Waals surface area contributed by atoms with Crippen LogP contribution in [0.4, 0.5) is 0 Å².